The number of aromatic nitrogens is 2. The highest BCUT2D eigenvalue weighted by Gasteiger charge is 2.15. The fourth-order valence-electron chi connectivity index (χ4n) is 1.84. The fraction of sp³-hybridized carbons (Fsp3) is 0.600. The average Bonchev–Trinajstić information content (AvgIpc) is 2.17. The van der Waals surface area contributed by atoms with Crippen molar-refractivity contribution in [1.82, 2.24) is 20.2 Å². The Morgan fingerprint density at radius 1 is 1.67 bits per heavy atom. The maximum absolute atomic E-state index is 5.74. The highest BCUT2D eigenvalue weighted by Crippen LogP contribution is 2.07. The van der Waals surface area contributed by atoms with Crippen LogP contribution >= 0.6 is 11.6 Å². The second-order valence-corrected chi connectivity index (χ2v) is 4.25. The van der Waals surface area contributed by atoms with Gasteiger partial charge in [-0.05, 0) is 24.6 Å². The summed E-state index contributed by atoms with van der Waals surface area (Å²) in [5, 5.41) is 3.74. The fourth-order valence-corrected chi connectivity index (χ4v) is 2.01. The van der Waals surface area contributed by atoms with E-state index in [1.165, 1.54) is 0 Å². The number of hydrogen-bond donors (Lipinski definition) is 1. The molecule has 1 unspecified atom stereocenters. The van der Waals surface area contributed by atoms with Crippen molar-refractivity contribution in [2.75, 3.05) is 19.6 Å². The van der Waals surface area contributed by atoms with E-state index in [4.69, 9.17) is 11.6 Å². The van der Waals surface area contributed by atoms with Gasteiger partial charge in [-0.15, -0.1) is 0 Å². The molecule has 0 saturated carbocycles. The van der Waals surface area contributed by atoms with Crippen LogP contribution in [0.2, 0.25) is 5.28 Å². The quantitative estimate of drug-likeness (QED) is 0.762. The molecule has 1 aliphatic rings. The van der Waals surface area contributed by atoms with Crippen molar-refractivity contribution >= 4 is 11.6 Å². The molecule has 2 heterocycles. The number of rotatable bonds is 2. The van der Waals surface area contributed by atoms with Crippen molar-refractivity contribution in [3.05, 3.63) is 23.2 Å². The first-order valence-electron chi connectivity index (χ1n) is 5.17. The van der Waals surface area contributed by atoms with Crippen LogP contribution in [0.1, 0.15) is 12.6 Å². The maximum atomic E-state index is 5.74. The molecule has 0 spiro atoms. The van der Waals surface area contributed by atoms with E-state index in [-0.39, 0.29) is 0 Å². The first-order chi connectivity index (χ1) is 7.24. The molecule has 4 nitrogen and oxygen atoms in total. The second-order valence-electron chi connectivity index (χ2n) is 3.91. The third kappa shape index (κ3) is 3.12. The lowest BCUT2D eigenvalue weighted by Gasteiger charge is -2.31. The van der Waals surface area contributed by atoms with E-state index in [2.05, 4.69) is 27.1 Å². The molecule has 0 aromatic carbocycles. The van der Waals surface area contributed by atoms with Crippen molar-refractivity contribution in [2.24, 2.45) is 0 Å². The molecule has 1 saturated heterocycles. The maximum Gasteiger partial charge on any atom is 0.222 e. The smallest absolute Gasteiger partial charge is 0.222 e. The van der Waals surface area contributed by atoms with Gasteiger partial charge in [0.25, 0.3) is 0 Å². The van der Waals surface area contributed by atoms with Gasteiger partial charge in [-0.1, -0.05) is 0 Å². The van der Waals surface area contributed by atoms with E-state index in [9.17, 15) is 0 Å². The van der Waals surface area contributed by atoms with Gasteiger partial charge < -0.3 is 5.32 Å². The molecule has 1 aromatic rings. The van der Waals surface area contributed by atoms with Crippen molar-refractivity contribution in [3.63, 3.8) is 0 Å². The van der Waals surface area contributed by atoms with Crippen molar-refractivity contribution in [1.29, 1.82) is 0 Å². The molecular weight excluding hydrogens is 212 g/mol. The van der Waals surface area contributed by atoms with Crippen LogP contribution in [0.5, 0.6) is 0 Å². The van der Waals surface area contributed by atoms with Gasteiger partial charge in [-0.3, -0.25) is 4.90 Å². The van der Waals surface area contributed by atoms with Gasteiger partial charge in [0, 0.05) is 38.4 Å². The van der Waals surface area contributed by atoms with Crippen LogP contribution in [0.25, 0.3) is 0 Å². The summed E-state index contributed by atoms with van der Waals surface area (Å²) in [6, 6.07) is 2.47. The number of nitrogens with one attached hydrogen (secondary N) is 1. The number of hydrogen-bond acceptors (Lipinski definition) is 4. The zero-order valence-electron chi connectivity index (χ0n) is 8.78. The monoisotopic (exact) mass is 226 g/mol. The van der Waals surface area contributed by atoms with Crippen LogP contribution in [0.3, 0.4) is 0 Å². The third-order valence-corrected chi connectivity index (χ3v) is 2.70. The predicted molar refractivity (Wildman–Crippen MR) is 59.8 cm³/mol. The summed E-state index contributed by atoms with van der Waals surface area (Å²) >= 11 is 5.74. The minimum atomic E-state index is 0.329. The molecule has 0 radical (unpaired) electrons. The highest BCUT2D eigenvalue weighted by molar-refractivity contribution is 6.28. The third-order valence-electron chi connectivity index (χ3n) is 2.52. The van der Waals surface area contributed by atoms with E-state index < -0.39 is 0 Å². The van der Waals surface area contributed by atoms with E-state index >= 15 is 0 Å². The molecule has 1 fully saturated rings. The summed E-state index contributed by atoms with van der Waals surface area (Å²) in [5.41, 5.74) is 0.990. The molecular formula is C10H15ClN4. The molecule has 1 aromatic heterocycles. The van der Waals surface area contributed by atoms with Crippen LogP contribution in [-0.4, -0.2) is 40.5 Å². The van der Waals surface area contributed by atoms with Crippen LogP contribution in [0.4, 0.5) is 0 Å². The molecule has 1 N–H and O–H groups in total. The molecule has 5 heteroatoms. The Hall–Kier alpha value is -0.710. The van der Waals surface area contributed by atoms with E-state index in [1.54, 1.807) is 6.20 Å². The Morgan fingerprint density at radius 3 is 3.27 bits per heavy atom. The molecule has 82 valence electrons. The van der Waals surface area contributed by atoms with E-state index in [0.717, 1.165) is 31.9 Å². The van der Waals surface area contributed by atoms with Crippen LogP contribution in [-0.2, 0) is 6.54 Å². The summed E-state index contributed by atoms with van der Waals surface area (Å²) < 4.78 is 0. The average molecular weight is 227 g/mol. The topological polar surface area (TPSA) is 41.1 Å². The zero-order chi connectivity index (χ0) is 10.7. The first kappa shape index (κ1) is 10.8. The van der Waals surface area contributed by atoms with Gasteiger partial charge in [0.2, 0.25) is 5.28 Å². The molecule has 0 bridgehead atoms. The second kappa shape index (κ2) is 4.88. The number of piperazine rings is 1. The van der Waals surface area contributed by atoms with Crippen molar-refractivity contribution in [3.8, 4) is 0 Å². The van der Waals surface area contributed by atoms with Crippen LogP contribution < -0.4 is 5.32 Å². The molecule has 2 rings (SSSR count). The minimum absolute atomic E-state index is 0.329. The molecule has 1 aliphatic heterocycles. The van der Waals surface area contributed by atoms with Crippen molar-refractivity contribution < 1.29 is 0 Å². The number of nitrogens with zero attached hydrogens (tertiary/aromatic N) is 3. The molecule has 15 heavy (non-hydrogen) atoms. The SMILES string of the molecule is CC1CN(Cc2ccnc(Cl)n2)CCN1. The molecule has 1 atom stereocenters. The minimum Gasteiger partial charge on any atom is -0.312 e. The summed E-state index contributed by atoms with van der Waals surface area (Å²) in [5.74, 6) is 0. The van der Waals surface area contributed by atoms with Crippen LogP contribution in [0, 0.1) is 0 Å². The largest absolute Gasteiger partial charge is 0.312 e. The van der Waals surface area contributed by atoms with E-state index in [0.29, 0.717) is 11.3 Å². The molecule has 0 amide bonds. The highest BCUT2D eigenvalue weighted by atomic mass is 35.5. The van der Waals surface area contributed by atoms with Crippen LogP contribution in [0.15, 0.2) is 12.3 Å². The standard InChI is InChI=1S/C10H15ClN4/c1-8-6-15(5-4-12-8)7-9-2-3-13-10(11)14-9/h2-3,8,12H,4-7H2,1H3. The lowest BCUT2D eigenvalue weighted by atomic mass is 10.2. The number of halogens is 1. The Labute approximate surface area is 94.7 Å². The Bertz CT molecular complexity index is 331. The van der Waals surface area contributed by atoms with Gasteiger partial charge >= 0.3 is 0 Å². The van der Waals surface area contributed by atoms with Crippen molar-refractivity contribution in [2.45, 2.75) is 19.5 Å². The first-order valence-corrected chi connectivity index (χ1v) is 5.55. The lowest BCUT2D eigenvalue weighted by molar-refractivity contribution is 0.197. The Kier molecular flexibility index (Phi) is 3.51. The summed E-state index contributed by atoms with van der Waals surface area (Å²) in [7, 11) is 0. The zero-order valence-corrected chi connectivity index (χ0v) is 9.54. The van der Waals surface area contributed by atoms with Gasteiger partial charge in [-0.25, -0.2) is 9.97 Å². The van der Waals surface area contributed by atoms with Gasteiger partial charge in [0.15, 0.2) is 0 Å². The van der Waals surface area contributed by atoms with Gasteiger partial charge in [0.1, 0.15) is 0 Å². The summed E-state index contributed by atoms with van der Waals surface area (Å²) in [6.07, 6.45) is 1.70. The predicted octanol–water partition coefficient (Wildman–Crippen LogP) is 0.924. The summed E-state index contributed by atoms with van der Waals surface area (Å²) in [6.45, 7) is 6.21. The van der Waals surface area contributed by atoms with Gasteiger partial charge in [-0.2, -0.15) is 0 Å². The van der Waals surface area contributed by atoms with E-state index in [1.807, 2.05) is 6.07 Å². The lowest BCUT2D eigenvalue weighted by Crippen LogP contribution is -2.48. The Morgan fingerprint density at radius 2 is 2.53 bits per heavy atom. The molecule has 0 aliphatic carbocycles. The summed E-state index contributed by atoms with van der Waals surface area (Å²) in [4.78, 5) is 10.4. The van der Waals surface area contributed by atoms with Gasteiger partial charge in [0.05, 0.1) is 5.69 Å². The Balaban J connectivity index is 1.96. The normalized spacial score (nSPS) is 22.9.